The van der Waals surface area contributed by atoms with Crippen molar-refractivity contribution in [1.82, 2.24) is 14.5 Å². The molecule has 0 radical (unpaired) electrons. The molecule has 0 atom stereocenters. The summed E-state index contributed by atoms with van der Waals surface area (Å²) < 4.78 is 7.52. The number of methoxy groups -OCH3 is 1. The summed E-state index contributed by atoms with van der Waals surface area (Å²) in [7, 11) is 1.65. The molecule has 0 unspecified atom stereocenters. The van der Waals surface area contributed by atoms with Crippen LogP contribution in [0.2, 0.25) is 5.02 Å². The summed E-state index contributed by atoms with van der Waals surface area (Å²) in [6.45, 7) is 1.35. The van der Waals surface area contributed by atoms with E-state index in [2.05, 4.69) is 9.55 Å². The van der Waals surface area contributed by atoms with E-state index in [-0.39, 0.29) is 0 Å². The minimum Gasteiger partial charge on any atom is -0.496 e. The first kappa shape index (κ1) is 14.8. The van der Waals surface area contributed by atoms with Gasteiger partial charge in [0.15, 0.2) is 5.65 Å². The number of aromatic nitrogens is 3. The lowest BCUT2D eigenvalue weighted by molar-refractivity contribution is 0.416. The van der Waals surface area contributed by atoms with Crippen LogP contribution in [0.25, 0.3) is 22.6 Å². The second-order valence-corrected chi connectivity index (χ2v) is 5.36. The minimum atomic E-state index is 0.572. The number of benzene rings is 1. The van der Waals surface area contributed by atoms with Gasteiger partial charge in [0.05, 0.1) is 17.7 Å². The van der Waals surface area contributed by atoms with Gasteiger partial charge in [-0.15, -0.1) is 0 Å². The Morgan fingerprint density at radius 1 is 1.32 bits per heavy atom. The molecule has 1 aromatic carbocycles. The van der Waals surface area contributed by atoms with E-state index >= 15 is 0 Å². The monoisotopic (exact) mass is 316 g/mol. The van der Waals surface area contributed by atoms with Crippen LogP contribution in [0.5, 0.6) is 5.75 Å². The molecule has 3 aromatic rings. The molecule has 2 N–H and O–H groups in total. The van der Waals surface area contributed by atoms with Gasteiger partial charge in [-0.05, 0) is 31.2 Å². The van der Waals surface area contributed by atoms with Crippen molar-refractivity contribution in [1.29, 1.82) is 0 Å². The fraction of sp³-hybridized carbons (Fsp3) is 0.250. The van der Waals surface area contributed by atoms with E-state index in [1.165, 1.54) is 0 Å². The van der Waals surface area contributed by atoms with Gasteiger partial charge in [-0.1, -0.05) is 23.7 Å². The van der Waals surface area contributed by atoms with Crippen LogP contribution in [-0.2, 0) is 6.54 Å². The van der Waals surface area contributed by atoms with Gasteiger partial charge in [-0.2, -0.15) is 0 Å². The van der Waals surface area contributed by atoms with E-state index in [0.717, 1.165) is 41.3 Å². The van der Waals surface area contributed by atoms with Gasteiger partial charge in [-0.3, -0.25) is 0 Å². The molecular formula is C16H17ClN4O. The number of pyridine rings is 1. The second-order valence-electron chi connectivity index (χ2n) is 4.93. The summed E-state index contributed by atoms with van der Waals surface area (Å²) in [6.07, 6.45) is 2.48. The molecule has 2 heterocycles. The van der Waals surface area contributed by atoms with Gasteiger partial charge in [-0.25, -0.2) is 9.97 Å². The molecule has 0 fully saturated rings. The first-order valence-corrected chi connectivity index (χ1v) is 7.47. The number of halogens is 1. The zero-order valence-electron chi connectivity index (χ0n) is 12.3. The lowest BCUT2D eigenvalue weighted by atomic mass is 10.2. The standard InChI is InChI=1S/C16H17ClN4O/c1-22-14-6-3-2-5-12(14)15-20-13-9-11(17)10-19-16(13)21(15)8-4-7-18/h2-3,5-6,9-10H,4,7-8,18H2,1H3. The average Bonchev–Trinajstić information content (AvgIpc) is 2.90. The quantitative estimate of drug-likeness (QED) is 0.785. The van der Waals surface area contributed by atoms with Crippen LogP contribution < -0.4 is 10.5 Å². The van der Waals surface area contributed by atoms with E-state index in [4.69, 9.17) is 27.1 Å². The topological polar surface area (TPSA) is 66.0 Å². The van der Waals surface area contributed by atoms with Gasteiger partial charge in [0.25, 0.3) is 0 Å². The van der Waals surface area contributed by atoms with Crippen molar-refractivity contribution in [2.75, 3.05) is 13.7 Å². The molecule has 2 aromatic heterocycles. The third-order valence-electron chi connectivity index (χ3n) is 3.49. The average molecular weight is 317 g/mol. The summed E-state index contributed by atoms with van der Waals surface area (Å²) in [5.41, 5.74) is 8.16. The van der Waals surface area contributed by atoms with Crippen molar-refractivity contribution < 1.29 is 4.74 Å². The lowest BCUT2D eigenvalue weighted by Gasteiger charge is -2.11. The van der Waals surface area contributed by atoms with Gasteiger partial charge >= 0.3 is 0 Å². The highest BCUT2D eigenvalue weighted by Gasteiger charge is 2.16. The Hall–Kier alpha value is -2.11. The molecule has 0 aliphatic heterocycles. The Morgan fingerprint density at radius 2 is 2.14 bits per heavy atom. The summed E-state index contributed by atoms with van der Waals surface area (Å²) in [5, 5.41) is 0.572. The van der Waals surface area contributed by atoms with Crippen molar-refractivity contribution in [3.63, 3.8) is 0 Å². The number of fused-ring (bicyclic) bond motifs is 1. The number of ether oxygens (including phenoxy) is 1. The highest BCUT2D eigenvalue weighted by Crippen LogP contribution is 2.31. The SMILES string of the molecule is COc1ccccc1-c1nc2cc(Cl)cnc2n1CCCN. The van der Waals surface area contributed by atoms with Crippen molar-refractivity contribution in [2.24, 2.45) is 5.73 Å². The molecular weight excluding hydrogens is 300 g/mol. The molecule has 0 aliphatic rings. The summed E-state index contributed by atoms with van der Waals surface area (Å²) >= 11 is 6.03. The molecule has 0 saturated carbocycles. The Morgan fingerprint density at radius 3 is 2.91 bits per heavy atom. The molecule has 114 valence electrons. The number of nitrogens with zero attached hydrogens (tertiary/aromatic N) is 3. The van der Waals surface area contributed by atoms with Crippen LogP contribution in [0.1, 0.15) is 6.42 Å². The maximum absolute atomic E-state index is 6.03. The van der Waals surface area contributed by atoms with Crippen LogP contribution >= 0.6 is 11.6 Å². The fourth-order valence-electron chi connectivity index (χ4n) is 2.48. The molecule has 0 amide bonds. The number of nitrogens with two attached hydrogens (primary N) is 1. The van der Waals surface area contributed by atoms with E-state index in [0.29, 0.717) is 11.6 Å². The van der Waals surface area contributed by atoms with Gasteiger partial charge in [0, 0.05) is 12.7 Å². The summed E-state index contributed by atoms with van der Waals surface area (Å²) in [6, 6.07) is 9.62. The minimum absolute atomic E-state index is 0.572. The van der Waals surface area contributed by atoms with Crippen LogP contribution in [-0.4, -0.2) is 28.2 Å². The zero-order valence-corrected chi connectivity index (χ0v) is 13.0. The number of hydrogen-bond acceptors (Lipinski definition) is 4. The normalized spacial score (nSPS) is 11.0. The molecule has 6 heteroatoms. The van der Waals surface area contributed by atoms with Gasteiger partial charge in [0.2, 0.25) is 0 Å². The Kier molecular flexibility index (Phi) is 4.27. The largest absolute Gasteiger partial charge is 0.496 e. The Bertz CT molecular complexity index is 800. The number of aryl methyl sites for hydroxylation is 1. The predicted octanol–water partition coefficient (Wildman–Crippen LogP) is 3.11. The third kappa shape index (κ3) is 2.65. The molecule has 5 nitrogen and oxygen atoms in total. The fourth-order valence-corrected chi connectivity index (χ4v) is 2.63. The Balaban J connectivity index is 2.22. The smallest absolute Gasteiger partial charge is 0.160 e. The van der Waals surface area contributed by atoms with Crippen molar-refractivity contribution in [3.8, 4) is 17.1 Å². The molecule has 0 saturated heterocycles. The van der Waals surface area contributed by atoms with Crippen molar-refractivity contribution in [2.45, 2.75) is 13.0 Å². The van der Waals surface area contributed by atoms with E-state index in [1.54, 1.807) is 13.3 Å². The molecule has 0 spiro atoms. The predicted molar refractivity (Wildman–Crippen MR) is 88.2 cm³/mol. The zero-order chi connectivity index (χ0) is 15.5. The maximum Gasteiger partial charge on any atom is 0.160 e. The second kappa shape index (κ2) is 6.34. The highest BCUT2D eigenvalue weighted by molar-refractivity contribution is 6.31. The molecule has 0 bridgehead atoms. The number of para-hydroxylation sites is 1. The van der Waals surface area contributed by atoms with Gasteiger partial charge in [0.1, 0.15) is 17.1 Å². The van der Waals surface area contributed by atoms with E-state index in [1.807, 2.05) is 30.3 Å². The van der Waals surface area contributed by atoms with Crippen molar-refractivity contribution in [3.05, 3.63) is 41.6 Å². The van der Waals surface area contributed by atoms with E-state index in [9.17, 15) is 0 Å². The molecule has 22 heavy (non-hydrogen) atoms. The number of hydrogen-bond donors (Lipinski definition) is 1. The molecule has 3 rings (SSSR count). The summed E-state index contributed by atoms with van der Waals surface area (Å²) in [5.74, 6) is 1.59. The number of rotatable bonds is 5. The molecule has 0 aliphatic carbocycles. The summed E-state index contributed by atoms with van der Waals surface area (Å²) in [4.78, 5) is 9.12. The van der Waals surface area contributed by atoms with E-state index < -0.39 is 0 Å². The van der Waals surface area contributed by atoms with Crippen LogP contribution in [0.15, 0.2) is 36.5 Å². The van der Waals surface area contributed by atoms with Gasteiger partial charge < -0.3 is 15.0 Å². The first-order valence-electron chi connectivity index (χ1n) is 7.10. The lowest BCUT2D eigenvalue weighted by Crippen LogP contribution is -2.08. The first-order chi connectivity index (χ1) is 10.7. The third-order valence-corrected chi connectivity index (χ3v) is 3.69. The maximum atomic E-state index is 6.03. The highest BCUT2D eigenvalue weighted by atomic mass is 35.5. The Labute approximate surface area is 133 Å². The number of imidazole rings is 1. The van der Waals surface area contributed by atoms with Crippen molar-refractivity contribution >= 4 is 22.8 Å². The van der Waals surface area contributed by atoms with Crippen LogP contribution in [0.4, 0.5) is 0 Å². The van der Waals surface area contributed by atoms with Crippen LogP contribution in [0.3, 0.4) is 0 Å². The van der Waals surface area contributed by atoms with Crippen LogP contribution in [0, 0.1) is 0 Å².